The number of aryl methyl sites for hydroxylation is 1. The molecular weight excluding hydrogens is 370 g/mol. The number of likely N-dealkylation sites (tertiary alicyclic amines) is 1. The van der Waals surface area contributed by atoms with Gasteiger partial charge >= 0.3 is 0 Å². The van der Waals surface area contributed by atoms with E-state index in [-0.39, 0.29) is 11.5 Å². The van der Waals surface area contributed by atoms with E-state index in [2.05, 4.69) is 20.9 Å². The first-order valence-corrected chi connectivity index (χ1v) is 10.1. The number of fused-ring (bicyclic) bond motifs is 1. The van der Waals surface area contributed by atoms with Crippen molar-refractivity contribution < 1.29 is 9.53 Å². The summed E-state index contributed by atoms with van der Waals surface area (Å²) in [5, 5.41) is 0. The predicted molar refractivity (Wildman–Crippen MR) is 107 cm³/mol. The Bertz CT molecular complexity index is 1000. The zero-order valence-corrected chi connectivity index (χ0v) is 16.7. The lowest BCUT2D eigenvalue weighted by atomic mass is 10.0. The average molecular weight is 395 g/mol. The fourth-order valence-corrected chi connectivity index (χ4v) is 4.60. The highest BCUT2D eigenvalue weighted by Crippen LogP contribution is 2.40. The molecule has 2 atom stereocenters. The molecule has 1 aliphatic carbocycles. The number of pyridine rings is 1. The number of anilines is 1. The van der Waals surface area contributed by atoms with Crippen molar-refractivity contribution in [2.24, 2.45) is 18.9 Å². The van der Waals surface area contributed by atoms with Crippen molar-refractivity contribution in [3.05, 3.63) is 46.3 Å². The molecule has 8 nitrogen and oxygen atoms in total. The molecule has 3 fully saturated rings. The van der Waals surface area contributed by atoms with Crippen LogP contribution in [0.5, 0.6) is 5.75 Å². The Morgan fingerprint density at radius 3 is 2.48 bits per heavy atom. The van der Waals surface area contributed by atoms with Crippen LogP contribution in [0.2, 0.25) is 0 Å². The maximum absolute atomic E-state index is 13.1. The number of carbonyl (C=O) groups is 1. The maximum Gasteiger partial charge on any atom is 0.259 e. The van der Waals surface area contributed by atoms with E-state index in [0.717, 1.165) is 24.6 Å². The van der Waals surface area contributed by atoms with Crippen LogP contribution >= 0.6 is 0 Å². The van der Waals surface area contributed by atoms with Crippen molar-refractivity contribution in [2.45, 2.75) is 18.8 Å². The summed E-state index contributed by atoms with van der Waals surface area (Å²) in [7, 11) is 3.13. The van der Waals surface area contributed by atoms with Crippen LogP contribution in [0.4, 0.5) is 5.82 Å². The second kappa shape index (κ2) is 6.86. The molecule has 3 aliphatic rings. The van der Waals surface area contributed by atoms with Crippen LogP contribution in [-0.4, -0.2) is 58.6 Å². The summed E-state index contributed by atoms with van der Waals surface area (Å²) in [6.45, 7) is 3.24. The third-order valence-electron chi connectivity index (χ3n) is 6.41. The third-order valence-corrected chi connectivity index (χ3v) is 6.41. The molecule has 0 spiro atoms. The summed E-state index contributed by atoms with van der Waals surface area (Å²) in [6.07, 6.45) is 5.71. The number of nitrogens with zero attached hydrogens (tertiary/aromatic N) is 5. The molecule has 152 valence electrons. The van der Waals surface area contributed by atoms with Gasteiger partial charge in [0.2, 0.25) is 0 Å². The molecule has 8 heteroatoms. The van der Waals surface area contributed by atoms with E-state index in [9.17, 15) is 9.59 Å². The maximum atomic E-state index is 13.1. The molecular formula is C21H25N5O3. The van der Waals surface area contributed by atoms with Crippen molar-refractivity contribution in [1.82, 2.24) is 19.4 Å². The average Bonchev–Trinajstić information content (AvgIpc) is 3.39. The van der Waals surface area contributed by atoms with Crippen molar-refractivity contribution in [3.63, 3.8) is 0 Å². The van der Waals surface area contributed by atoms with Crippen molar-refractivity contribution in [2.75, 3.05) is 38.2 Å². The van der Waals surface area contributed by atoms with E-state index in [1.807, 2.05) is 4.90 Å². The van der Waals surface area contributed by atoms with Gasteiger partial charge in [-0.25, -0.2) is 9.97 Å². The molecule has 2 aromatic rings. The summed E-state index contributed by atoms with van der Waals surface area (Å²) in [5.74, 6) is 2.74. The zero-order chi connectivity index (χ0) is 20.1. The molecule has 2 saturated heterocycles. The van der Waals surface area contributed by atoms with Crippen LogP contribution in [0.25, 0.3) is 0 Å². The SMILES string of the molecule is COc1cc(=O)n(C)cc1C(=O)N1CC2CN(c3cc(C4CC4)ncn3)CC2C1. The van der Waals surface area contributed by atoms with E-state index in [1.54, 1.807) is 19.6 Å². The smallest absolute Gasteiger partial charge is 0.259 e. The van der Waals surface area contributed by atoms with Gasteiger partial charge in [0.15, 0.2) is 0 Å². The molecule has 29 heavy (non-hydrogen) atoms. The monoisotopic (exact) mass is 395 g/mol. The predicted octanol–water partition coefficient (Wildman–Crippen LogP) is 1.27. The molecule has 2 unspecified atom stereocenters. The van der Waals surface area contributed by atoms with E-state index in [0.29, 0.717) is 42.2 Å². The Kier molecular flexibility index (Phi) is 4.29. The number of amides is 1. The number of carbonyl (C=O) groups excluding carboxylic acids is 1. The topological polar surface area (TPSA) is 80.6 Å². The number of hydrogen-bond donors (Lipinski definition) is 0. The minimum Gasteiger partial charge on any atom is -0.496 e. The first-order chi connectivity index (χ1) is 14.0. The molecule has 0 aromatic carbocycles. The Balaban J connectivity index is 1.29. The van der Waals surface area contributed by atoms with Crippen LogP contribution in [-0.2, 0) is 7.05 Å². The third kappa shape index (κ3) is 3.26. The summed E-state index contributed by atoms with van der Waals surface area (Å²) in [4.78, 5) is 38.1. The van der Waals surface area contributed by atoms with Gasteiger partial charge in [0.25, 0.3) is 11.5 Å². The minimum atomic E-state index is -0.192. The lowest BCUT2D eigenvalue weighted by Gasteiger charge is -2.23. The fourth-order valence-electron chi connectivity index (χ4n) is 4.60. The number of hydrogen-bond acceptors (Lipinski definition) is 6. The van der Waals surface area contributed by atoms with Gasteiger partial charge in [-0.1, -0.05) is 0 Å². The summed E-state index contributed by atoms with van der Waals surface area (Å²) in [6, 6.07) is 3.51. The first kappa shape index (κ1) is 18.1. The van der Waals surface area contributed by atoms with Gasteiger partial charge in [0, 0.05) is 75.0 Å². The fraction of sp³-hybridized carbons (Fsp3) is 0.524. The molecule has 2 aromatic heterocycles. The molecule has 2 aliphatic heterocycles. The summed E-state index contributed by atoms with van der Waals surface area (Å²) in [5.41, 5.74) is 1.41. The number of methoxy groups -OCH3 is 1. The molecule has 0 N–H and O–H groups in total. The molecule has 1 amide bonds. The summed E-state index contributed by atoms with van der Waals surface area (Å²) >= 11 is 0. The van der Waals surface area contributed by atoms with Gasteiger partial charge in [-0.3, -0.25) is 9.59 Å². The zero-order valence-electron chi connectivity index (χ0n) is 16.7. The molecule has 4 heterocycles. The van der Waals surface area contributed by atoms with Crippen LogP contribution in [0, 0.1) is 11.8 Å². The van der Waals surface area contributed by atoms with Crippen LogP contribution < -0.4 is 15.2 Å². The Morgan fingerprint density at radius 1 is 1.10 bits per heavy atom. The van der Waals surface area contributed by atoms with Crippen LogP contribution in [0.3, 0.4) is 0 Å². The van der Waals surface area contributed by atoms with Crippen LogP contribution in [0.1, 0.15) is 34.8 Å². The van der Waals surface area contributed by atoms with Gasteiger partial charge in [-0.15, -0.1) is 0 Å². The summed E-state index contributed by atoms with van der Waals surface area (Å²) < 4.78 is 6.70. The number of ether oxygens (including phenoxy) is 1. The molecule has 5 rings (SSSR count). The van der Waals surface area contributed by atoms with E-state index in [1.165, 1.54) is 30.6 Å². The Morgan fingerprint density at radius 2 is 1.83 bits per heavy atom. The van der Waals surface area contributed by atoms with Gasteiger partial charge in [0.1, 0.15) is 17.9 Å². The quantitative estimate of drug-likeness (QED) is 0.776. The van der Waals surface area contributed by atoms with E-state index in [4.69, 9.17) is 4.74 Å². The number of rotatable bonds is 4. The van der Waals surface area contributed by atoms with Crippen molar-refractivity contribution >= 4 is 11.7 Å². The lowest BCUT2D eigenvalue weighted by Crippen LogP contribution is -2.34. The second-order valence-corrected chi connectivity index (χ2v) is 8.42. The normalized spacial score (nSPS) is 23.4. The number of aromatic nitrogens is 3. The van der Waals surface area contributed by atoms with Crippen molar-refractivity contribution in [1.29, 1.82) is 0 Å². The highest BCUT2D eigenvalue weighted by molar-refractivity contribution is 5.96. The highest BCUT2D eigenvalue weighted by Gasteiger charge is 2.42. The van der Waals surface area contributed by atoms with E-state index >= 15 is 0 Å². The van der Waals surface area contributed by atoms with Gasteiger partial charge in [-0.05, 0) is 12.8 Å². The lowest BCUT2D eigenvalue weighted by molar-refractivity contribution is 0.0778. The van der Waals surface area contributed by atoms with E-state index < -0.39 is 0 Å². The van der Waals surface area contributed by atoms with Gasteiger partial charge in [-0.2, -0.15) is 0 Å². The van der Waals surface area contributed by atoms with Gasteiger partial charge < -0.3 is 19.1 Å². The molecule has 0 bridgehead atoms. The second-order valence-electron chi connectivity index (χ2n) is 8.42. The van der Waals surface area contributed by atoms with Crippen LogP contribution in [0.15, 0.2) is 29.5 Å². The first-order valence-electron chi connectivity index (χ1n) is 10.1. The highest BCUT2D eigenvalue weighted by atomic mass is 16.5. The Hall–Kier alpha value is -2.90. The largest absolute Gasteiger partial charge is 0.496 e. The molecule has 1 saturated carbocycles. The van der Waals surface area contributed by atoms with Crippen molar-refractivity contribution in [3.8, 4) is 5.75 Å². The minimum absolute atomic E-state index is 0.0727. The Labute approximate surface area is 169 Å². The molecule has 0 radical (unpaired) electrons. The van der Waals surface area contributed by atoms with Gasteiger partial charge in [0.05, 0.1) is 12.7 Å². The standard InChI is InChI=1S/C21H25N5O3/c1-24-11-16(18(29-2)6-20(24)27)21(28)26-9-14-7-25(8-15(14)10-26)19-5-17(13-3-4-13)22-12-23-19/h5-6,11-15H,3-4,7-10H2,1-2H3.